The van der Waals surface area contributed by atoms with Crippen LogP contribution in [0, 0.1) is 5.92 Å². The van der Waals surface area contributed by atoms with Crippen LogP contribution in [0.15, 0.2) is 0 Å². The molecule has 1 unspecified atom stereocenters. The number of amides is 1. The molecule has 0 spiro atoms. The molecule has 17 heavy (non-hydrogen) atoms. The maximum atomic E-state index is 12.3. The molecule has 0 rings (SSSR count). The van der Waals surface area contributed by atoms with Crippen LogP contribution in [0.1, 0.15) is 33.1 Å². The molecule has 0 bridgehead atoms. The smallest absolute Gasteiger partial charge is 0.226 e. The van der Waals surface area contributed by atoms with E-state index in [0.717, 1.165) is 38.9 Å². The lowest BCUT2D eigenvalue weighted by molar-refractivity contribution is -0.135. The summed E-state index contributed by atoms with van der Waals surface area (Å²) in [6.45, 7) is 7.23. The minimum absolute atomic E-state index is 0.00807. The van der Waals surface area contributed by atoms with E-state index in [9.17, 15) is 4.79 Å². The van der Waals surface area contributed by atoms with Crippen LogP contribution in [-0.4, -0.2) is 56.0 Å². The van der Waals surface area contributed by atoms with Gasteiger partial charge in [0.15, 0.2) is 0 Å². The molecule has 0 aliphatic heterocycles. The molecule has 0 aromatic carbocycles. The maximum Gasteiger partial charge on any atom is 0.226 e. The SMILES string of the molecule is CCCC(CN)C(=O)N(CCC)CCN(C)C. The van der Waals surface area contributed by atoms with E-state index >= 15 is 0 Å². The Morgan fingerprint density at radius 3 is 2.18 bits per heavy atom. The van der Waals surface area contributed by atoms with Crippen LogP contribution in [-0.2, 0) is 4.79 Å². The van der Waals surface area contributed by atoms with Gasteiger partial charge in [-0.1, -0.05) is 20.3 Å². The molecule has 102 valence electrons. The predicted molar refractivity (Wildman–Crippen MR) is 72.9 cm³/mol. The second-order valence-electron chi connectivity index (χ2n) is 4.85. The van der Waals surface area contributed by atoms with Crippen molar-refractivity contribution in [1.29, 1.82) is 0 Å². The molecule has 0 fully saturated rings. The number of nitrogens with two attached hydrogens (primary N) is 1. The Morgan fingerprint density at radius 2 is 1.76 bits per heavy atom. The van der Waals surface area contributed by atoms with Crippen LogP contribution in [0.3, 0.4) is 0 Å². The van der Waals surface area contributed by atoms with Gasteiger partial charge in [-0.15, -0.1) is 0 Å². The van der Waals surface area contributed by atoms with E-state index in [-0.39, 0.29) is 11.8 Å². The van der Waals surface area contributed by atoms with E-state index in [1.54, 1.807) is 0 Å². The van der Waals surface area contributed by atoms with Crippen molar-refractivity contribution in [2.24, 2.45) is 11.7 Å². The highest BCUT2D eigenvalue weighted by Gasteiger charge is 2.21. The molecule has 0 saturated heterocycles. The van der Waals surface area contributed by atoms with Gasteiger partial charge in [0.2, 0.25) is 5.91 Å². The third-order valence-electron chi connectivity index (χ3n) is 2.89. The first-order valence-corrected chi connectivity index (χ1v) is 6.70. The summed E-state index contributed by atoms with van der Waals surface area (Å²) in [6, 6.07) is 0. The van der Waals surface area contributed by atoms with Crippen molar-refractivity contribution >= 4 is 5.91 Å². The highest BCUT2D eigenvalue weighted by molar-refractivity contribution is 5.79. The first-order chi connectivity index (χ1) is 8.06. The summed E-state index contributed by atoms with van der Waals surface area (Å²) in [5.41, 5.74) is 5.69. The number of carbonyl (C=O) groups is 1. The van der Waals surface area contributed by atoms with Gasteiger partial charge in [0, 0.05) is 26.2 Å². The fraction of sp³-hybridized carbons (Fsp3) is 0.923. The second-order valence-corrected chi connectivity index (χ2v) is 4.85. The molecule has 1 atom stereocenters. The van der Waals surface area contributed by atoms with Crippen molar-refractivity contribution in [3.63, 3.8) is 0 Å². The van der Waals surface area contributed by atoms with Crippen molar-refractivity contribution in [3.8, 4) is 0 Å². The average Bonchev–Trinajstić information content (AvgIpc) is 2.30. The molecule has 0 aliphatic carbocycles. The number of carbonyl (C=O) groups excluding carboxylic acids is 1. The van der Waals surface area contributed by atoms with E-state index in [1.165, 1.54) is 0 Å². The molecule has 0 aromatic heterocycles. The average molecular weight is 243 g/mol. The van der Waals surface area contributed by atoms with Gasteiger partial charge in [-0.2, -0.15) is 0 Å². The Bertz CT molecular complexity index is 207. The van der Waals surface area contributed by atoms with Gasteiger partial charge in [0.25, 0.3) is 0 Å². The third-order valence-corrected chi connectivity index (χ3v) is 2.89. The summed E-state index contributed by atoms with van der Waals surface area (Å²) < 4.78 is 0. The van der Waals surface area contributed by atoms with Crippen molar-refractivity contribution in [3.05, 3.63) is 0 Å². The Balaban J connectivity index is 4.38. The van der Waals surface area contributed by atoms with Crippen LogP contribution < -0.4 is 5.73 Å². The van der Waals surface area contributed by atoms with E-state index in [4.69, 9.17) is 5.73 Å². The van der Waals surface area contributed by atoms with E-state index in [1.807, 2.05) is 19.0 Å². The number of rotatable bonds is 9. The van der Waals surface area contributed by atoms with Crippen molar-refractivity contribution in [1.82, 2.24) is 9.80 Å². The first-order valence-electron chi connectivity index (χ1n) is 6.70. The summed E-state index contributed by atoms with van der Waals surface area (Å²) in [7, 11) is 4.06. The van der Waals surface area contributed by atoms with E-state index in [0.29, 0.717) is 6.54 Å². The summed E-state index contributed by atoms with van der Waals surface area (Å²) in [4.78, 5) is 16.4. The highest BCUT2D eigenvalue weighted by Crippen LogP contribution is 2.09. The molecule has 0 heterocycles. The monoisotopic (exact) mass is 243 g/mol. The molecule has 0 aliphatic rings. The largest absolute Gasteiger partial charge is 0.341 e. The van der Waals surface area contributed by atoms with Gasteiger partial charge in [-0.25, -0.2) is 0 Å². The predicted octanol–water partition coefficient (Wildman–Crippen LogP) is 1.16. The minimum Gasteiger partial charge on any atom is -0.341 e. The quantitative estimate of drug-likeness (QED) is 0.661. The standard InChI is InChI=1S/C13H29N3O/c1-5-7-12(11-14)13(17)16(8-6-2)10-9-15(3)4/h12H,5-11,14H2,1-4H3. The second kappa shape index (κ2) is 9.42. The molecule has 0 aromatic rings. The van der Waals surface area contributed by atoms with Crippen LogP contribution >= 0.6 is 0 Å². The molecule has 0 saturated carbocycles. The van der Waals surface area contributed by atoms with Crippen LogP contribution in [0.2, 0.25) is 0 Å². The van der Waals surface area contributed by atoms with E-state index < -0.39 is 0 Å². The van der Waals surface area contributed by atoms with Gasteiger partial charge >= 0.3 is 0 Å². The molecule has 4 nitrogen and oxygen atoms in total. The maximum absolute atomic E-state index is 12.3. The lowest BCUT2D eigenvalue weighted by atomic mass is 10.0. The van der Waals surface area contributed by atoms with Gasteiger partial charge < -0.3 is 15.5 Å². The zero-order valence-corrected chi connectivity index (χ0v) is 11.9. The van der Waals surface area contributed by atoms with Crippen LogP contribution in [0.5, 0.6) is 0 Å². The van der Waals surface area contributed by atoms with Gasteiger partial charge in [-0.05, 0) is 26.9 Å². The fourth-order valence-corrected chi connectivity index (χ4v) is 1.87. The lowest BCUT2D eigenvalue weighted by Crippen LogP contribution is -2.42. The summed E-state index contributed by atoms with van der Waals surface area (Å²) in [5, 5.41) is 0. The molecule has 4 heteroatoms. The normalized spacial score (nSPS) is 12.8. The zero-order valence-electron chi connectivity index (χ0n) is 11.9. The summed E-state index contributed by atoms with van der Waals surface area (Å²) in [6.07, 6.45) is 2.92. The number of hydrogen-bond donors (Lipinski definition) is 1. The minimum atomic E-state index is 0.00807. The molecular formula is C13H29N3O. The summed E-state index contributed by atoms with van der Waals surface area (Å²) >= 11 is 0. The number of likely N-dealkylation sites (N-methyl/N-ethyl adjacent to an activating group) is 1. The lowest BCUT2D eigenvalue weighted by Gasteiger charge is -2.27. The molecule has 0 radical (unpaired) electrons. The van der Waals surface area contributed by atoms with Gasteiger partial charge in [0.1, 0.15) is 0 Å². The topological polar surface area (TPSA) is 49.6 Å². The summed E-state index contributed by atoms with van der Waals surface area (Å²) in [5.74, 6) is 0.242. The zero-order chi connectivity index (χ0) is 13.3. The number of nitrogens with zero attached hydrogens (tertiary/aromatic N) is 2. The third kappa shape index (κ3) is 6.64. The fourth-order valence-electron chi connectivity index (χ4n) is 1.87. The Labute approximate surface area is 106 Å². The molecule has 1 amide bonds. The highest BCUT2D eigenvalue weighted by atomic mass is 16.2. The first kappa shape index (κ1) is 16.4. The van der Waals surface area contributed by atoms with Crippen LogP contribution in [0.4, 0.5) is 0 Å². The Kier molecular flexibility index (Phi) is 9.09. The van der Waals surface area contributed by atoms with Crippen molar-refractivity contribution in [2.75, 3.05) is 40.3 Å². The number of hydrogen-bond acceptors (Lipinski definition) is 3. The molecule has 2 N–H and O–H groups in total. The van der Waals surface area contributed by atoms with E-state index in [2.05, 4.69) is 18.7 Å². The van der Waals surface area contributed by atoms with Gasteiger partial charge in [-0.3, -0.25) is 4.79 Å². The Morgan fingerprint density at radius 1 is 1.12 bits per heavy atom. The molecular weight excluding hydrogens is 214 g/mol. The Hall–Kier alpha value is -0.610. The van der Waals surface area contributed by atoms with Gasteiger partial charge in [0.05, 0.1) is 5.92 Å². The van der Waals surface area contributed by atoms with Crippen LogP contribution in [0.25, 0.3) is 0 Å². The van der Waals surface area contributed by atoms with Crippen molar-refractivity contribution in [2.45, 2.75) is 33.1 Å². The van der Waals surface area contributed by atoms with Crippen molar-refractivity contribution < 1.29 is 4.79 Å².